The molecule has 184 valence electrons. The minimum Gasteiger partial charge on any atom is -0.469 e. The van der Waals surface area contributed by atoms with Crippen LogP contribution in [0.25, 0.3) is 5.65 Å². The molecule has 0 bridgehead atoms. The van der Waals surface area contributed by atoms with Crippen molar-refractivity contribution >= 4 is 17.5 Å². The van der Waals surface area contributed by atoms with Crippen LogP contribution in [0.1, 0.15) is 35.0 Å². The molecule has 34 heavy (non-hydrogen) atoms. The van der Waals surface area contributed by atoms with E-state index in [1.165, 1.54) is 16.9 Å². The minimum atomic E-state index is -4.45. The van der Waals surface area contributed by atoms with E-state index in [-0.39, 0.29) is 24.5 Å². The van der Waals surface area contributed by atoms with Crippen LogP contribution in [0.4, 0.5) is 22.0 Å². The van der Waals surface area contributed by atoms with Crippen molar-refractivity contribution in [2.24, 2.45) is 5.92 Å². The van der Waals surface area contributed by atoms with Crippen molar-refractivity contribution in [1.29, 1.82) is 0 Å². The minimum absolute atomic E-state index is 0.0409. The molecule has 0 radical (unpaired) electrons. The number of fused-ring (bicyclic) bond motifs is 1. The van der Waals surface area contributed by atoms with Crippen molar-refractivity contribution in [3.63, 3.8) is 0 Å². The number of hydrogen-bond donors (Lipinski definition) is 2. The third kappa shape index (κ3) is 6.62. The van der Waals surface area contributed by atoms with Gasteiger partial charge in [-0.05, 0) is 16.8 Å². The van der Waals surface area contributed by atoms with Gasteiger partial charge in [0.2, 0.25) is 5.91 Å². The highest BCUT2D eigenvalue weighted by atomic mass is 19.4. The number of aromatic nitrogens is 4. The summed E-state index contributed by atoms with van der Waals surface area (Å²) in [7, 11) is 0. The van der Waals surface area contributed by atoms with Crippen molar-refractivity contribution in [1.82, 2.24) is 30.4 Å². The molecule has 0 aromatic carbocycles. The molecule has 0 aliphatic heterocycles. The molecular formula is C19H19F5N6O4. The molecule has 3 aromatic heterocycles. The topological polar surface area (TPSA) is 124 Å². The molecular weight excluding hydrogens is 471 g/mol. The maximum atomic E-state index is 12.6. The monoisotopic (exact) mass is 490 g/mol. The summed E-state index contributed by atoms with van der Waals surface area (Å²) >= 11 is 0. The molecule has 3 aromatic rings. The Morgan fingerprint density at radius 2 is 2.00 bits per heavy atom. The van der Waals surface area contributed by atoms with Gasteiger partial charge in [-0.3, -0.25) is 9.59 Å². The summed E-state index contributed by atoms with van der Waals surface area (Å²) in [6.07, 6.45) is -4.00. The number of ether oxygens (including phenoxy) is 1. The van der Waals surface area contributed by atoms with E-state index in [4.69, 9.17) is 4.74 Å². The number of carbonyl (C=O) groups is 2. The van der Waals surface area contributed by atoms with Crippen LogP contribution in [0.5, 0.6) is 5.88 Å². The summed E-state index contributed by atoms with van der Waals surface area (Å²) in [5.41, 5.74) is 1.10. The molecule has 0 aliphatic carbocycles. The Bertz CT molecular complexity index is 1150. The largest absolute Gasteiger partial charge is 0.469 e. The van der Waals surface area contributed by atoms with Crippen LogP contribution >= 0.6 is 0 Å². The number of rotatable bonds is 10. The average molecular weight is 490 g/mol. The zero-order valence-electron chi connectivity index (χ0n) is 17.6. The van der Waals surface area contributed by atoms with Crippen molar-refractivity contribution in [2.45, 2.75) is 39.0 Å². The lowest BCUT2D eigenvalue weighted by atomic mass is 10.1. The Morgan fingerprint density at radius 1 is 1.24 bits per heavy atom. The maximum absolute atomic E-state index is 12.6. The van der Waals surface area contributed by atoms with Gasteiger partial charge in [-0.1, -0.05) is 6.92 Å². The van der Waals surface area contributed by atoms with Gasteiger partial charge >= 0.3 is 6.18 Å². The van der Waals surface area contributed by atoms with Gasteiger partial charge in [0, 0.05) is 13.0 Å². The third-order valence-corrected chi connectivity index (χ3v) is 4.52. The number of amides is 2. The van der Waals surface area contributed by atoms with Gasteiger partial charge in [0.15, 0.2) is 12.3 Å². The lowest BCUT2D eigenvalue weighted by molar-refractivity contribution is -0.174. The fourth-order valence-electron chi connectivity index (χ4n) is 2.70. The first kappa shape index (κ1) is 24.9. The van der Waals surface area contributed by atoms with E-state index in [1.807, 2.05) is 0 Å². The molecule has 0 saturated carbocycles. The van der Waals surface area contributed by atoms with Crippen LogP contribution in [-0.2, 0) is 17.9 Å². The highest BCUT2D eigenvalue weighted by Gasteiger charge is 2.37. The Labute approximate surface area is 188 Å². The number of carbonyl (C=O) groups excluding carboxylic acids is 2. The molecule has 0 saturated heterocycles. The summed E-state index contributed by atoms with van der Waals surface area (Å²) in [5.74, 6) is -3.57. The number of nitrogens with zero attached hydrogens (tertiary/aromatic N) is 4. The average Bonchev–Trinajstić information content (AvgIpc) is 3.40. The van der Waals surface area contributed by atoms with Gasteiger partial charge in [0.05, 0.1) is 30.6 Å². The number of halogens is 5. The summed E-state index contributed by atoms with van der Waals surface area (Å²) in [5, 5.41) is 12.4. The molecule has 0 aliphatic rings. The van der Waals surface area contributed by atoms with Crippen LogP contribution in [0.2, 0.25) is 0 Å². The highest BCUT2D eigenvalue weighted by Crippen LogP contribution is 2.28. The predicted octanol–water partition coefficient (Wildman–Crippen LogP) is 2.50. The SMILES string of the molecule is C[C@@H](CC(=O)NCc1cnn2cc(CNC(=O)c3conc3OCC(F)F)nc2c1)C(F)(F)F. The molecule has 0 unspecified atom stereocenters. The lowest BCUT2D eigenvalue weighted by Gasteiger charge is -2.14. The van der Waals surface area contributed by atoms with E-state index in [0.717, 1.165) is 13.2 Å². The Hall–Kier alpha value is -3.78. The van der Waals surface area contributed by atoms with Crippen LogP contribution in [-0.4, -0.2) is 50.8 Å². The van der Waals surface area contributed by atoms with Gasteiger partial charge in [-0.15, -0.1) is 0 Å². The summed E-state index contributed by atoms with van der Waals surface area (Å²) in [6.45, 7) is -0.114. The molecule has 2 amide bonds. The predicted molar refractivity (Wildman–Crippen MR) is 104 cm³/mol. The maximum Gasteiger partial charge on any atom is 0.392 e. The van der Waals surface area contributed by atoms with Crippen LogP contribution in [0.15, 0.2) is 29.2 Å². The molecule has 10 nitrogen and oxygen atoms in total. The first-order valence-corrected chi connectivity index (χ1v) is 9.83. The zero-order chi connectivity index (χ0) is 24.9. The Kier molecular flexibility index (Phi) is 7.63. The summed E-state index contributed by atoms with van der Waals surface area (Å²) in [6, 6.07) is 1.57. The van der Waals surface area contributed by atoms with E-state index in [9.17, 15) is 31.5 Å². The Morgan fingerprint density at radius 3 is 2.71 bits per heavy atom. The van der Waals surface area contributed by atoms with Crippen LogP contribution in [0, 0.1) is 5.92 Å². The van der Waals surface area contributed by atoms with Crippen LogP contribution in [0.3, 0.4) is 0 Å². The second kappa shape index (κ2) is 10.4. The second-order valence-electron chi connectivity index (χ2n) is 7.24. The smallest absolute Gasteiger partial charge is 0.392 e. The molecule has 2 N–H and O–H groups in total. The van der Waals surface area contributed by atoms with Gasteiger partial charge in [0.1, 0.15) is 11.8 Å². The van der Waals surface area contributed by atoms with Gasteiger partial charge in [0.25, 0.3) is 18.2 Å². The number of hydrogen-bond acceptors (Lipinski definition) is 7. The van der Waals surface area contributed by atoms with E-state index >= 15 is 0 Å². The fourth-order valence-corrected chi connectivity index (χ4v) is 2.70. The third-order valence-electron chi connectivity index (χ3n) is 4.52. The first-order chi connectivity index (χ1) is 16.0. The molecule has 3 rings (SSSR count). The van der Waals surface area contributed by atoms with E-state index in [1.54, 1.807) is 6.07 Å². The summed E-state index contributed by atoms with van der Waals surface area (Å²) < 4.78 is 72.9. The summed E-state index contributed by atoms with van der Waals surface area (Å²) in [4.78, 5) is 28.3. The van der Waals surface area contributed by atoms with Gasteiger partial charge in [-0.2, -0.15) is 18.3 Å². The number of imidazole rings is 1. The highest BCUT2D eigenvalue weighted by molar-refractivity contribution is 5.95. The zero-order valence-corrected chi connectivity index (χ0v) is 17.6. The fraction of sp³-hybridized carbons (Fsp3) is 0.421. The molecule has 0 spiro atoms. The van der Waals surface area contributed by atoms with Crippen LogP contribution < -0.4 is 15.4 Å². The van der Waals surface area contributed by atoms with E-state index in [0.29, 0.717) is 16.9 Å². The number of nitrogens with one attached hydrogen (secondary N) is 2. The first-order valence-electron chi connectivity index (χ1n) is 9.83. The van der Waals surface area contributed by atoms with Crippen molar-refractivity contribution in [2.75, 3.05) is 6.61 Å². The second-order valence-corrected chi connectivity index (χ2v) is 7.24. The van der Waals surface area contributed by atoms with E-state index < -0.39 is 43.4 Å². The number of alkyl halides is 5. The molecule has 1 atom stereocenters. The van der Waals surface area contributed by atoms with E-state index in [2.05, 4.69) is 30.4 Å². The van der Waals surface area contributed by atoms with Crippen molar-refractivity contribution in [3.8, 4) is 5.88 Å². The quantitative estimate of drug-likeness (QED) is 0.419. The standard InChI is InChI=1S/C19H19F5N6O4/c1-10(19(22,23)24)2-16(31)25-4-11-3-15-28-12(7-30(15)27-5-11)6-26-17(32)13-8-34-29-18(13)33-9-14(20)21/h3,5,7-8,10,14H,2,4,6,9H2,1H3,(H,25,31)(H,26,32)/t10-/m0/s1. The Balaban J connectivity index is 1.56. The molecule has 15 heteroatoms. The lowest BCUT2D eigenvalue weighted by Crippen LogP contribution is -2.29. The molecule has 3 heterocycles. The van der Waals surface area contributed by atoms with Gasteiger partial charge in [-0.25, -0.2) is 18.3 Å². The van der Waals surface area contributed by atoms with Crippen molar-refractivity contribution in [3.05, 3.63) is 41.5 Å². The normalized spacial score (nSPS) is 12.7. The van der Waals surface area contributed by atoms with Crippen molar-refractivity contribution < 1.29 is 40.8 Å². The molecule has 0 fully saturated rings. The van der Waals surface area contributed by atoms with Gasteiger partial charge < -0.3 is 19.9 Å².